The molecule has 0 spiro atoms. The van der Waals surface area contributed by atoms with Crippen molar-refractivity contribution >= 4 is 22.9 Å². The lowest BCUT2D eigenvalue weighted by Gasteiger charge is -2.20. The van der Waals surface area contributed by atoms with Gasteiger partial charge in [-0.05, 0) is 46.2 Å². The average Bonchev–Trinajstić information content (AvgIpc) is 2.93. The summed E-state index contributed by atoms with van der Waals surface area (Å²) in [6, 6.07) is 20.2. The largest absolute Gasteiger partial charge is 0.237 e. The van der Waals surface area contributed by atoms with E-state index in [2.05, 4.69) is 57.4 Å². The molecule has 5 rings (SSSR count). The van der Waals surface area contributed by atoms with Gasteiger partial charge in [-0.25, -0.2) is 19.9 Å². The van der Waals surface area contributed by atoms with E-state index < -0.39 is 0 Å². The molecule has 0 aliphatic carbocycles. The highest BCUT2D eigenvalue weighted by molar-refractivity contribution is 6.08. The molecular weight excluding hydrogens is 416 g/mol. The summed E-state index contributed by atoms with van der Waals surface area (Å²) in [6.45, 7) is 12.1. The monoisotopic (exact) mass is 442 g/mol. The molecule has 4 nitrogen and oxygen atoms in total. The van der Waals surface area contributed by atoms with Gasteiger partial charge in [0, 0.05) is 47.0 Å². The molecule has 2 heterocycles. The van der Waals surface area contributed by atoms with E-state index in [-0.39, 0.29) is 0 Å². The molecule has 0 saturated carbocycles. The molecule has 2 aromatic heterocycles. The second-order valence-electron chi connectivity index (χ2n) is 7.25. The molecule has 0 atom stereocenters. The van der Waals surface area contributed by atoms with E-state index in [9.17, 15) is 0 Å². The highest BCUT2D eigenvalue weighted by Crippen LogP contribution is 2.44. The van der Waals surface area contributed by atoms with Crippen LogP contribution in [0.15, 0.2) is 98.6 Å². The van der Waals surface area contributed by atoms with Crippen molar-refractivity contribution in [2.75, 3.05) is 0 Å². The van der Waals surface area contributed by atoms with Crippen LogP contribution in [-0.2, 0) is 0 Å². The minimum atomic E-state index is 0.647. The molecule has 0 bridgehead atoms. The third kappa shape index (κ3) is 4.14. The Labute approximate surface area is 200 Å². The van der Waals surface area contributed by atoms with Gasteiger partial charge in [-0.15, -0.1) is 0 Å². The van der Waals surface area contributed by atoms with Crippen LogP contribution in [0.1, 0.15) is 25.0 Å². The first-order valence-electron chi connectivity index (χ1n) is 11.3. The van der Waals surface area contributed by atoms with E-state index in [1.54, 1.807) is 24.8 Å². The summed E-state index contributed by atoms with van der Waals surface area (Å²) < 4.78 is 0. The number of rotatable bonds is 5. The van der Waals surface area contributed by atoms with Crippen molar-refractivity contribution in [3.05, 3.63) is 110 Å². The van der Waals surface area contributed by atoms with Gasteiger partial charge >= 0.3 is 0 Å². The smallest absolute Gasteiger partial charge is 0.159 e. The lowest BCUT2D eigenvalue weighted by molar-refractivity contribution is 1.17. The Morgan fingerprint density at radius 3 is 1.74 bits per heavy atom. The Balaban J connectivity index is 0.00000133. The molecule has 0 aliphatic rings. The van der Waals surface area contributed by atoms with Crippen molar-refractivity contribution in [3.8, 4) is 33.9 Å². The van der Waals surface area contributed by atoms with E-state index in [1.165, 1.54) is 0 Å². The van der Waals surface area contributed by atoms with E-state index in [4.69, 9.17) is 0 Å². The van der Waals surface area contributed by atoms with Crippen LogP contribution >= 0.6 is 0 Å². The van der Waals surface area contributed by atoms with Gasteiger partial charge in [0.05, 0.1) is 0 Å². The normalized spacial score (nSPS) is 10.3. The van der Waals surface area contributed by atoms with Gasteiger partial charge in [-0.2, -0.15) is 0 Å². The Bertz CT molecular complexity index is 1440. The maximum absolute atomic E-state index is 4.55. The minimum Gasteiger partial charge on any atom is -0.237 e. The van der Waals surface area contributed by atoms with Gasteiger partial charge in [0.25, 0.3) is 0 Å². The summed E-state index contributed by atoms with van der Waals surface area (Å²) in [5.74, 6) is 1.31. The Morgan fingerprint density at radius 1 is 0.588 bits per heavy atom. The zero-order chi connectivity index (χ0) is 23.9. The van der Waals surface area contributed by atoms with Crippen molar-refractivity contribution in [2.24, 2.45) is 0 Å². The lowest BCUT2D eigenvalue weighted by Crippen LogP contribution is -1.99. The lowest BCUT2D eigenvalue weighted by atomic mass is 9.85. The van der Waals surface area contributed by atoms with E-state index >= 15 is 0 Å². The van der Waals surface area contributed by atoms with Crippen LogP contribution < -0.4 is 0 Å². The summed E-state index contributed by atoms with van der Waals surface area (Å²) in [5, 5.41) is 2.22. The number of hydrogen-bond acceptors (Lipinski definition) is 4. The van der Waals surface area contributed by atoms with Gasteiger partial charge in [-0.3, -0.25) is 0 Å². The van der Waals surface area contributed by atoms with Crippen molar-refractivity contribution in [1.82, 2.24) is 19.9 Å². The van der Waals surface area contributed by atoms with Gasteiger partial charge < -0.3 is 0 Å². The summed E-state index contributed by atoms with van der Waals surface area (Å²) in [6.07, 6.45) is 10.8. The standard InChI is InChI=1S/C28H20N4.C2H6/c1-3-19-11-13-23(27-29-15-7-16-30-27)25(21(19)4-2)26-22-10-6-5-9-20(22)12-14-24(26)28-31-17-8-18-32-28;1-2/h3-18H,1-2H2;1-2H3. The van der Waals surface area contributed by atoms with Crippen LogP contribution in [0.4, 0.5) is 0 Å². The third-order valence-corrected chi connectivity index (χ3v) is 5.50. The summed E-state index contributed by atoms with van der Waals surface area (Å²) >= 11 is 0. The first-order valence-corrected chi connectivity index (χ1v) is 11.3. The van der Waals surface area contributed by atoms with Crippen molar-refractivity contribution in [2.45, 2.75) is 13.8 Å². The van der Waals surface area contributed by atoms with Crippen molar-refractivity contribution in [3.63, 3.8) is 0 Å². The maximum atomic E-state index is 4.55. The summed E-state index contributed by atoms with van der Waals surface area (Å²) in [7, 11) is 0. The molecule has 0 unspecified atom stereocenters. The molecule has 0 aliphatic heterocycles. The quantitative estimate of drug-likeness (QED) is 0.279. The fourth-order valence-corrected chi connectivity index (χ4v) is 4.09. The third-order valence-electron chi connectivity index (χ3n) is 5.50. The summed E-state index contributed by atoms with van der Waals surface area (Å²) in [5.41, 5.74) is 5.82. The average molecular weight is 443 g/mol. The molecule has 0 radical (unpaired) electrons. The summed E-state index contributed by atoms with van der Waals surface area (Å²) in [4.78, 5) is 18.2. The molecule has 3 aromatic carbocycles. The topological polar surface area (TPSA) is 51.6 Å². The van der Waals surface area contributed by atoms with Crippen LogP contribution in [0.3, 0.4) is 0 Å². The van der Waals surface area contributed by atoms with Crippen molar-refractivity contribution in [1.29, 1.82) is 0 Å². The van der Waals surface area contributed by atoms with E-state index in [0.717, 1.165) is 44.2 Å². The number of nitrogens with zero attached hydrogens (tertiary/aromatic N) is 4. The first kappa shape index (κ1) is 22.7. The SMILES string of the molecule is C=Cc1ccc(-c2ncccn2)c(-c2c(-c3ncccn3)ccc3ccccc23)c1C=C.CC. The van der Waals surface area contributed by atoms with Gasteiger partial charge in [0.2, 0.25) is 0 Å². The van der Waals surface area contributed by atoms with Crippen molar-refractivity contribution < 1.29 is 0 Å². The molecule has 4 heteroatoms. The molecule has 5 aromatic rings. The van der Waals surface area contributed by atoms with Gasteiger partial charge in [0.1, 0.15) is 0 Å². The highest BCUT2D eigenvalue weighted by atomic mass is 14.9. The second-order valence-corrected chi connectivity index (χ2v) is 7.25. The Morgan fingerprint density at radius 2 is 1.15 bits per heavy atom. The highest BCUT2D eigenvalue weighted by Gasteiger charge is 2.21. The van der Waals surface area contributed by atoms with Crippen LogP contribution in [0.25, 0.3) is 56.8 Å². The molecule has 34 heavy (non-hydrogen) atoms. The first-order chi connectivity index (χ1) is 16.8. The predicted octanol–water partition coefficient (Wildman–Crippen LogP) is 7.73. The van der Waals surface area contributed by atoms with E-state index in [1.807, 2.05) is 62.4 Å². The zero-order valence-corrected chi connectivity index (χ0v) is 19.4. The molecule has 0 fully saturated rings. The minimum absolute atomic E-state index is 0.647. The maximum Gasteiger partial charge on any atom is 0.159 e. The number of hydrogen-bond donors (Lipinski definition) is 0. The predicted molar refractivity (Wildman–Crippen MR) is 143 cm³/mol. The van der Waals surface area contributed by atoms with Gasteiger partial charge in [0.15, 0.2) is 11.6 Å². The van der Waals surface area contributed by atoms with E-state index in [0.29, 0.717) is 11.6 Å². The molecule has 0 N–H and O–H groups in total. The number of fused-ring (bicyclic) bond motifs is 1. The zero-order valence-electron chi connectivity index (χ0n) is 19.4. The number of aromatic nitrogens is 4. The van der Waals surface area contributed by atoms with Gasteiger partial charge in [-0.1, -0.05) is 75.6 Å². The Hall–Kier alpha value is -4.44. The second kappa shape index (κ2) is 10.5. The van der Waals surface area contributed by atoms with Crippen LogP contribution in [0, 0.1) is 0 Å². The molecular formula is C30H26N4. The Kier molecular flexibility index (Phi) is 6.99. The van der Waals surface area contributed by atoms with Crippen LogP contribution in [0.5, 0.6) is 0 Å². The fourth-order valence-electron chi connectivity index (χ4n) is 4.09. The molecule has 166 valence electrons. The molecule has 0 amide bonds. The molecule has 0 saturated heterocycles. The van der Waals surface area contributed by atoms with Crippen LogP contribution in [-0.4, -0.2) is 19.9 Å². The fraction of sp³-hybridized carbons (Fsp3) is 0.0667. The van der Waals surface area contributed by atoms with Crippen LogP contribution in [0.2, 0.25) is 0 Å². The number of benzene rings is 3.